The molecule has 1 aliphatic rings. The van der Waals surface area contributed by atoms with E-state index in [9.17, 15) is 14.4 Å². The summed E-state index contributed by atoms with van der Waals surface area (Å²) in [4.78, 5) is 36.3. The fourth-order valence-corrected chi connectivity index (χ4v) is 3.36. The zero-order chi connectivity index (χ0) is 27.5. The number of nitrogens with one attached hydrogen (secondary N) is 2. The molecule has 0 aliphatic carbocycles. The zero-order valence-electron chi connectivity index (χ0n) is 21.9. The molecule has 0 amide bonds. The molecule has 37 heavy (non-hydrogen) atoms. The fourth-order valence-electron chi connectivity index (χ4n) is 2.81. The smallest absolute Gasteiger partial charge is 0.330 e. The maximum Gasteiger partial charge on any atom is 0.330 e. The highest BCUT2D eigenvalue weighted by molar-refractivity contribution is 8.06. The van der Waals surface area contributed by atoms with Crippen molar-refractivity contribution in [1.82, 2.24) is 10.9 Å². The first-order chi connectivity index (χ1) is 17.5. The summed E-state index contributed by atoms with van der Waals surface area (Å²) in [6.45, 7) is 11.7. The summed E-state index contributed by atoms with van der Waals surface area (Å²) in [7, 11) is 0. The molecule has 0 radical (unpaired) electrons. The third-order valence-electron chi connectivity index (χ3n) is 5.73. The van der Waals surface area contributed by atoms with Gasteiger partial charge in [-0.15, -0.1) is 0 Å². The highest BCUT2D eigenvalue weighted by Gasteiger charge is 2.36. The van der Waals surface area contributed by atoms with Gasteiger partial charge in [0, 0.05) is 23.6 Å². The number of hydrogen-bond donors (Lipinski definition) is 3. The molecule has 1 heterocycles. The number of carbonyl (C=O) groups is 3. The summed E-state index contributed by atoms with van der Waals surface area (Å²) < 4.78 is 21.6. The Labute approximate surface area is 228 Å². The van der Waals surface area contributed by atoms with Crippen molar-refractivity contribution in [1.29, 1.82) is 0 Å². The van der Waals surface area contributed by atoms with Crippen LogP contribution in [0.3, 0.4) is 0 Å². The van der Waals surface area contributed by atoms with Crippen LogP contribution in [0.2, 0.25) is 0 Å². The van der Waals surface area contributed by atoms with Crippen LogP contribution in [0.5, 0.6) is 5.75 Å². The number of rotatable bonds is 17. The second kappa shape index (κ2) is 14.7. The summed E-state index contributed by atoms with van der Waals surface area (Å²) >= 11 is 6.22. The van der Waals surface area contributed by atoms with Crippen LogP contribution in [0, 0.1) is 5.41 Å². The van der Waals surface area contributed by atoms with Crippen LogP contribution in [0.15, 0.2) is 36.9 Å². The van der Waals surface area contributed by atoms with Gasteiger partial charge in [0.15, 0.2) is 0 Å². The van der Waals surface area contributed by atoms with Crippen LogP contribution in [0.4, 0.5) is 0 Å². The Morgan fingerprint density at radius 2 is 1.81 bits per heavy atom. The molecule has 0 saturated carbocycles. The van der Waals surface area contributed by atoms with Gasteiger partial charge < -0.3 is 18.9 Å². The topological polar surface area (TPSA) is 112 Å². The van der Waals surface area contributed by atoms with Gasteiger partial charge in [-0.05, 0) is 44.9 Å². The normalized spacial score (nSPS) is 17.2. The van der Waals surface area contributed by atoms with E-state index in [0.717, 1.165) is 17.4 Å². The molecule has 11 heteroatoms. The molecule has 0 spiro atoms. The largest absolute Gasteiger partial charge is 0.492 e. The SMILES string of the molecule is C=CC(=O)OCc1ccc(OCC(S)COC(=O)C(C)(C)CNN[C@@](C)(CC)C(=O)OCC2CS2)cc1. The molecule has 1 saturated heterocycles. The van der Waals surface area contributed by atoms with Gasteiger partial charge in [0.25, 0.3) is 0 Å². The maximum atomic E-state index is 12.7. The first kappa shape index (κ1) is 31.0. The Morgan fingerprint density at radius 1 is 1.14 bits per heavy atom. The average Bonchev–Trinajstić information content (AvgIpc) is 3.72. The lowest BCUT2D eigenvalue weighted by Crippen LogP contribution is -2.58. The second-order valence-electron chi connectivity index (χ2n) is 9.62. The third kappa shape index (κ3) is 11.0. The summed E-state index contributed by atoms with van der Waals surface area (Å²) in [6.07, 6.45) is 1.64. The van der Waals surface area contributed by atoms with Crippen LogP contribution in [0.1, 0.15) is 39.7 Å². The Morgan fingerprint density at radius 3 is 2.41 bits per heavy atom. The first-order valence-electron chi connectivity index (χ1n) is 12.1. The van der Waals surface area contributed by atoms with Crippen molar-refractivity contribution in [2.75, 3.05) is 32.1 Å². The molecule has 2 rings (SSSR count). The van der Waals surface area contributed by atoms with Gasteiger partial charge >= 0.3 is 17.9 Å². The van der Waals surface area contributed by atoms with Crippen molar-refractivity contribution in [2.45, 2.75) is 56.8 Å². The van der Waals surface area contributed by atoms with E-state index in [0.29, 0.717) is 24.0 Å². The maximum absolute atomic E-state index is 12.7. The molecular formula is C26H38N2O7S2. The lowest BCUT2D eigenvalue weighted by molar-refractivity contribution is -0.154. The molecule has 0 bridgehead atoms. The first-order valence-corrected chi connectivity index (χ1v) is 13.7. The van der Waals surface area contributed by atoms with Gasteiger partial charge in [0.1, 0.15) is 37.7 Å². The molecule has 1 fully saturated rings. The number of esters is 3. The number of benzene rings is 1. The molecule has 2 unspecified atom stereocenters. The number of thiol groups is 1. The van der Waals surface area contributed by atoms with E-state index in [-0.39, 0.29) is 37.6 Å². The predicted octanol–water partition coefficient (Wildman–Crippen LogP) is 3.08. The monoisotopic (exact) mass is 554 g/mol. The lowest BCUT2D eigenvalue weighted by atomic mass is 9.94. The number of hydrogen-bond acceptors (Lipinski definition) is 11. The highest BCUT2D eigenvalue weighted by Crippen LogP contribution is 2.30. The lowest BCUT2D eigenvalue weighted by Gasteiger charge is -2.30. The van der Waals surface area contributed by atoms with Crippen LogP contribution < -0.4 is 15.6 Å². The molecule has 2 N–H and O–H groups in total. The van der Waals surface area contributed by atoms with E-state index in [2.05, 4.69) is 30.1 Å². The van der Waals surface area contributed by atoms with Crippen molar-refractivity contribution in [3.63, 3.8) is 0 Å². The average molecular weight is 555 g/mol. The highest BCUT2D eigenvalue weighted by atomic mass is 32.2. The molecule has 1 aromatic rings. The zero-order valence-corrected chi connectivity index (χ0v) is 23.6. The number of hydrazine groups is 1. The van der Waals surface area contributed by atoms with E-state index in [1.807, 2.05) is 6.92 Å². The Kier molecular flexibility index (Phi) is 12.3. The van der Waals surface area contributed by atoms with E-state index in [1.165, 1.54) is 0 Å². The minimum atomic E-state index is -0.901. The summed E-state index contributed by atoms with van der Waals surface area (Å²) in [5, 5.41) is 0.0794. The minimum absolute atomic E-state index is 0.0760. The minimum Gasteiger partial charge on any atom is -0.492 e. The third-order valence-corrected chi connectivity index (χ3v) is 6.97. The van der Waals surface area contributed by atoms with E-state index in [4.69, 9.17) is 18.9 Å². The molecule has 9 nitrogen and oxygen atoms in total. The van der Waals surface area contributed by atoms with E-state index < -0.39 is 22.9 Å². The van der Waals surface area contributed by atoms with Gasteiger partial charge in [-0.25, -0.2) is 10.2 Å². The fraction of sp³-hybridized carbons (Fsp3) is 0.577. The Bertz CT molecular complexity index is 922. The Balaban J connectivity index is 1.69. The van der Waals surface area contributed by atoms with Crippen molar-refractivity contribution in [3.8, 4) is 5.75 Å². The van der Waals surface area contributed by atoms with Crippen molar-refractivity contribution in [2.24, 2.45) is 5.41 Å². The number of ether oxygens (including phenoxy) is 4. The summed E-state index contributed by atoms with van der Waals surface area (Å²) in [5.74, 6) is 0.449. The van der Waals surface area contributed by atoms with Crippen LogP contribution in [0.25, 0.3) is 0 Å². The summed E-state index contributed by atoms with van der Waals surface area (Å²) in [6, 6.07) is 7.10. The van der Waals surface area contributed by atoms with Gasteiger partial charge in [0.2, 0.25) is 0 Å². The molecule has 1 aromatic carbocycles. The molecule has 3 atom stereocenters. The van der Waals surface area contributed by atoms with E-state index >= 15 is 0 Å². The second-order valence-corrected chi connectivity index (χ2v) is 11.7. The van der Waals surface area contributed by atoms with Gasteiger partial charge in [0.05, 0.1) is 10.7 Å². The summed E-state index contributed by atoms with van der Waals surface area (Å²) in [5.41, 5.74) is 5.09. The van der Waals surface area contributed by atoms with Crippen LogP contribution >= 0.6 is 24.4 Å². The van der Waals surface area contributed by atoms with E-state index in [1.54, 1.807) is 56.8 Å². The quantitative estimate of drug-likeness (QED) is 0.0663. The van der Waals surface area contributed by atoms with Crippen molar-refractivity contribution in [3.05, 3.63) is 42.5 Å². The van der Waals surface area contributed by atoms with Crippen LogP contribution in [-0.2, 0) is 35.2 Å². The predicted molar refractivity (Wildman–Crippen MR) is 146 cm³/mol. The van der Waals surface area contributed by atoms with Crippen molar-refractivity contribution >= 4 is 42.3 Å². The van der Waals surface area contributed by atoms with Crippen LogP contribution in [-0.4, -0.2) is 66.1 Å². The Hall–Kier alpha value is -2.21. The van der Waals surface area contributed by atoms with Crippen molar-refractivity contribution < 1.29 is 33.3 Å². The number of carbonyl (C=O) groups excluding carboxylic acids is 3. The molecule has 1 aliphatic heterocycles. The molecular weight excluding hydrogens is 516 g/mol. The van der Waals surface area contributed by atoms with Gasteiger partial charge in [-0.2, -0.15) is 24.4 Å². The standard InChI is InChI=1S/C26H38N2O7S2/c1-6-22(29)33-12-18-8-10-19(11-9-18)32-13-20(36)14-34-23(30)25(3,4)17-27-28-26(5,7-2)24(31)35-15-21-16-37-21/h6,8-11,20-21,27-28,36H,1,7,12-17H2,2-5H3/t20?,21?,26-/m0/s1. The molecule has 0 aromatic heterocycles. The number of thioether (sulfide) groups is 1. The molecule has 206 valence electrons. The van der Waals surface area contributed by atoms with Gasteiger partial charge in [-0.3, -0.25) is 15.0 Å². The van der Waals surface area contributed by atoms with Gasteiger partial charge in [-0.1, -0.05) is 25.6 Å².